The van der Waals surface area contributed by atoms with Crippen LogP contribution in [-0.2, 0) is 6.54 Å². The van der Waals surface area contributed by atoms with Crippen molar-refractivity contribution in [1.82, 2.24) is 15.0 Å². The molecule has 3 aromatic carbocycles. The normalized spacial score (nSPS) is 10.9. The summed E-state index contributed by atoms with van der Waals surface area (Å²) in [5.41, 5.74) is 4.59. The Kier molecular flexibility index (Phi) is 4.38. The Labute approximate surface area is 155 Å². The molecule has 5 nitrogen and oxygen atoms in total. The number of nitrogens with zero attached hydrogens (tertiary/aromatic N) is 3. The molecule has 0 atom stereocenters. The van der Waals surface area contributed by atoms with Gasteiger partial charge in [-0.05, 0) is 54.4 Å². The van der Waals surface area contributed by atoms with Gasteiger partial charge in [-0.15, -0.1) is 5.10 Å². The van der Waals surface area contributed by atoms with Gasteiger partial charge in [0.2, 0.25) is 0 Å². The molecular formula is C21H17FN4O. The smallest absolute Gasteiger partial charge is 0.255 e. The molecule has 0 aliphatic carbocycles. The van der Waals surface area contributed by atoms with Gasteiger partial charge in [0.15, 0.2) is 0 Å². The molecule has 4 aromatic rings. The van der Waals surface area contributed by atoms with Gasteiger partial charge in [0.25, 0.3) is 5.91 Å². The van der Waals surface area contributed by atoms with Crippen molar-refractivity contribution in [3.8, 4) is 0 Å². The van der Waals surface area contributed by atoms with Crippen LogP contribution in [0.5, 0.6) is 0 Å². The van der Waals surface area contributed by atoms with Crippen molar-refractivity contribution in [2.45, 2.75) is 13.5 Å². The van der Waals surface area contributed by atoms with Gasteiger partial charge in [0, 0.05) is 11.3 Å². The number of halogens is 1. The van der Waals surface area contributed by atoms with E-state index in [2.05, 4.69) is 15.6 Å². The van der Waals surface area contributed by atoms with Crippen LogP contribution in [0.1, 0.15) is 21.5 Å². The predicted molar refractivity (Wildman–Crippen MR) is 102 cm³/mol. The molecule has 0 saturated heterocycles. The van der Waals surface area contributed by atoms with Crippen molar-refractivity contribution >= 4 is 22.6 Å². The van der Waals surface area contributed by atoms with E-state index in [-0.39, 0.29) is 11.7 Å². The number of aromatic nitrogens is 3. The molecule has 27 heavy (non-hydrogen) atoms. The number of para-hydroxylation sites is 1. The zero-order valence-electron chi connectivity index (χ0n) is 14.7. The third kappa shape index (κ3) is 3.55. The van der Waals surface area contributed by atoms with Crippen molar-refractivity contribution in [1.29, 1.82) is 0 Å². The maximum absolute atomic E-state index is 13.4. The molecule has 0 bridgehead atoms. The summed E-state index contributed by atoms with van der Waals surface area (Å²) in [5, 5.41) is 11.1. The van der Waals surface area contributed by atoms with Crippen LogP contribution in [0.15, 0.2) is 66.7 Å². The lowest BCUT2D eigenvalue weighted by molar-refractivity contribution is 0.102. The van der Waals surface area contributed by atoms with E-state index < -0.39 is 0 Å². The van der Waals surface area contributed by atoms with Crippen LogP contribution in [0.3, 0.4) is 0 Å². The second-order valence-electron chi connectivity index (χ2n) is 6.35. The monoisotopic (exact) mass is 360 g/mol. The van der Waals surface area contributed by atoms with E-state index in [0.717, 1.165) is 22.2 Å². The van der Waals surface area contributed by atoms with Crippen molar-refractivity contribution in [3.63, 3.8) is 0 Å². The number of anilines is 1. The minimum atomic E-state index is -0.383. The fraction of sp³-hybridized carbons (Fsp3) is 0.0952. The zero-order valence-corrected chi connectivity index (χ0v) is 14.7. The van der Waals surface area contributed by atoms with E-state index in [1.807, 2.05) is 48.0 Å². The molecule has 1 aromatic heterocycles. The Morgan fingerprint density at radius 3 is 2.67 bits per heavy atom. The lowest BCUT2D eigenvalue weighted by Crippen LogP contribution is -2.13. The largest absolute Gasteiger partial charge is 0.322 e. The first-order valence-corrected chi connectivity index (χ1v) is 8.55. The van der Waals surface area contributed by atoms with E-state index in [0.29, 0.717) is 17.8 Å². The summed E-state index contributed by atoms with van der Waals surface area (Å²) in [6, 6.07) is 19.3. The number of fused-ring (bicyclic) bond motifs is 1. The van der Waals surface area contributed by atoms with Crippen LogP contribution in [0.25, 0.3) is 11.0 Å². The molecule has 0 spiro atoms. The van der Waals surface area contributed by atoms with Crippen molar-refractivity contribution in [2.75, 3.05) is 5.32 Å². The molecule has 0 aliphatic rings. The highest BCUT2D eigenvalue weighted by atomic mass is 19.1. The van der Waals surface area contributed by atoms with Gasteiger partial charge in [-0.1, -0.05) is 35.5 Å². The minimum absolute atomic E-state index is 0.276. The fourth-order valence-corrected chi connectivity index (χ4v) is 2.89. The second-order valence-corrected chi connectivity index (χ2v) is 6.35. The summed E-state index contributed by atoms with van der Waals surface area (Å²) < 4.78 is 15.2. The highest BCUT2D eigenvalue weighted by Gasteiger charge is 2.09. The summed E-state index contributed by atoms with van der Waals surface area (Å²) >= 11 is 0. The van der Waals surface area contributed by atoms with Gasteiger partial charge in [-0.2, -0.15) is 0 Å². The van der Waals surface area contributed by atoms with E-state index >= 15 is 0 Å². The number of carbonyl (C=O) groups excluding carboxylic acids is 1. The Balaban J connectivity index is 1.50. The highest BCUT2D eigenvalue weighted by molar-refractivity contribution is 6.04. The van der Waals surface area contributed by atoms with Crippen LogP contribution >= 0.6 is 0 Å². The molecule has 0 aliphatic heterocycles. The van der Waals surface area contributed by atoms with Crippen molar-refractivity contribution in [3.05, 3.63) is 89.2 Å². The van der Waals surface area contributed by atoms with Crippen LogP contribution in [0.4, 0.5) is 10.1 Å². The standard InChI is InChI=1S/C21H17FN4O/c1-14-6-11-17(22)12-19(14)23-21(27)16-9-7-15(8-10-16)13-26-20-5-3-2-4-18(20)24-25-26/h2-12H,13H2,1H3,(H,23,27). The molecule has 1 N–H and O–H groups in total. The average Bonchev–Trinajstić information content (AvgIpc) is 3.08. The number of nitrogens with one attached hydrogen (secondary N) is 1. The van der Waals surface area contributed by atoms with E-state index in [4.69, 9.17) is 0 Å². The molecule has 0 fully saturated rings. The number of aryl methyl sites for hydroxylation is 1. The number of hydrogen-bond donors (Lipinski definition) is 1. The van der Waals surface area contributed by atoms with Crippen molar-refractivity contribution in [2.24, 2.45) is 0 Å². The average molecular weight is 360 g/mol. The molecule has 4 rings (SSSR count). The maximum Gasteiger partial charge on any atom is 0.255 e. The van der Waals surface area contributed by atoms with Crippen LogP contribution in [-0.4, -0.2) is 20.9 Å². The number of benzene rings is 3. The van der Waals surface area contributed by atoms with Gasteiger partial charge in [0.05, 0.1) is 12.1 Å². The van der Waals surface area contributed by atoms with Crippen LogP contribution in [0.2, 0.25) is 0 Å². The Hall–Kier alpha value is -3.54. The predicted octanol–water partition coefficient (Wildman–Crippen LogP) is 4.18. The molecule has 6 heteroatoms. The third-order valence-corrected chi connectivity index (χ3v) is 4.42. The molecule has 0 saturated carbocycles. The van der Waals surface area contributed by atoms with Gasteiger partial charge in [0.1, 0.15) is 11.3 Å². The quantitative estimate of drug-likeness (QED) is 0.594. The summed E-state index contributed by atoms with van der Waals surface area (Å²) in [6.07, 6.45) is 0. The van der Waals surface area contributed by atoms with Gasteiger partial charge in [-0.25, -0.2) is 9.07 Å². The minimum Gasteiger partial charge on any atom is -0.322 e. The molecular weight excluding hydrogens is 343 g/mol. The molecule has 1 amide bonds. The summed E-state index contributed by atoms with van der Waals surface area (Å²) in [4.78, 5) is 12.4. The summed E-state index contributed by atoms with van der Waals surface area (Å²) in [5.74, 6) is -0.659. The molecule has 0 unspecified atom stereocenters. The topological polar surface area (TPSA) is 59.8 Å². The van der Waals surface area contributed by atoms with Gasteiger partial charge >= 0.3 is 0 Å². The number of hydrogen-bond acceptors (Lipinski definition) is 3. The van der Waals surface area contributed by atoms with E-state index in [1.54, 1.807) is 18.2 Å². The number of amides is 1. The summed E-state index contributed by atoms with van der Waals surface area (Å²) in [6.45, 7) is 2.38. The van der Waals surface area contributed by atoms with E-state index in [1.165, 1.54) is 12.1 Å². The first-order valence-electron chi connectivity index (χ1n) is 8.55. The lowest BCUT2D eigenvalue weighted by atomic mass is 10.1. The molecule has 0 radical (unpaired) electrons. The number of carbonyl (C=O) groups is 1. The first kappa shape index (κ1) is 16.9. The van der Waals surface area contributed by atoms with E-state index in [9.17, 15) is 9.18 Å². The van der Waals surface area contributed by atoms with Crippen molar-refractivity contribution < 1.29 is 9.18 Å². The second kappa shape index (κ2) is 6.99. The zero-order chi connectivity index (χ0) is 18.8. The number of rotatable bonds is 4. The maximum atomic E-state index is 13.4. The van der Waals surface area contributed by atoms with Gasteiger partial charge in [-0.3, -0.25) is 4.79 Å². The Bertz CT molecular complexity index is 1120. The Morgan fingerprint density at radius 1 is 1.07 bits per heavy atom. The SMILES string of the molecule is Cc1ccc(F)cc1NC(=O)c1ccc(Cn2nnc3ccccc32)cc1. The van der Waals surface area contributed by atoms with Crippen LogP contribution in [0, 0.1) is 12.7 Å². The highest BCUT2D eigenvalue weighted by Crippen LogP contribution is 2.18. The molecule has 1 heterocycles. The van der Waals surface area contributed by atoms with Gasteiger partial charge < -0.3 is 5.32 Å². The fourth-order valence-electron chi connectivity index (χ4n) is 2.89. The first-order chi connectivity index (χ1) is 13.1. The molecule has 134 valence electrons. The third-order valence-electron chi connectivity index (χ3n) is 4.42. The lowest BCUT2D eigenvalue weighted by Gasteiger charge is -2.09. The Morgan fingerprint density at radius 2 is 1.85 bits per heavy atom. The summed E-state index contributed by atoms with van der Waals surface area (Å²) in [7, 11) is 0. The van der Waals surface area contributed by atoms with Crippen LogP contribution < -0.4 is 5.32 Å².